The Morgan fingerprint density at radius 1 is 1.43 bits per heavy atom. The maximum atomic E-state index is 10.7. The van der Waals surface area contributed by atoms with Gasteiger partial charge in [0, 0.05) is 12.5 Å². The minimum absolute atomic E-state index is 0.0869. The zero-order valence-corrected chi connectivity index (χ0v) is 11.7. The van der Waals surface area contributed by atoms with Crippen molar-refractivity contribution in [1.29, 1.82) is 0 Å². The van der Waals surface area contributed by atoms with E-state index >= 15 is 0 Å². The van der Waals surface area contributed by atoms with Crippen LogP contribution >= 0.6 is 11.6 Å². The Balaban J connectivity index is 4.19. The Kier molecular flexibility index (Phi) is 5.94. The van der Waals surface area contributed by atoms with E-state index in [4.69, 9.17) is 16.0 Å². The van der Waals surface area contributed by atoms with Crippen molar-refractivity contribution in [2.24, 2.45) is 5.41 Å². The lowest BCUT2D eigenvalue weighted by Crippen LogP contribution is -2.33. The molecule has 0 aromatic rings. The number of hydrogen-bond donors (Lipinski definition) is 0. The molecule has 0 N–H and O–H groups in total. The van der Waals surface area contributed by atoms with Crippen LogP contribution in [0.2, 0.25) is 13.1 Å². The van der Waals surface area contributed by atoms with Crippen molar-refractivity contribution in [3.05, 3.63) is 0 Å². The van der Waals surface area contributed by atoms with E-state index in [0.29, 0.717) is 6.42 Å². The first-order chi connectivity index (χ1) is 6.23. The van der Waals surface area contributed by atoms with Gasteiger partial charge in [-0.1, -0.05) is 20.8 Å². The van der Waals surface area contributed by atoms with E-state index in [0.717, 1.165) is 6.42 Å². The lowest BCUT2D eigenvalue weighted by molar-refractivity contribution is -0.112. The van der Waals surface area contributed by atoms with Crippen molar-refractivity contribution < 1.29 is 9.22 Å². The maximum absolute atomic E-state index is 10.7. The summed E-state index contributed by atoms with van der Waals surface area (Å²) in [5, 5.41) is -0.270. The molecule has 0 bridgehead atoms. The van der Waals surface area contributed by atoms with Gasteiger partial charge in [0.2, 0.25) is 5.24 Å². The third kappa shape index (κ3) is 6.57. The lowest BCUT2D eigenvalue weighted by Gasteiger charge is -2.32. The molecule has 0 aromatic heterocycles. The normalized spacial score (nSPS) is 14.5. The quantitative estimate of drug-likeness (QED) is 0.542. The van der Waals surface area contributed by atoms with Gasteiger partial charge in [-0.15, -0.1) is 0 Å². The molecular formula is C10H21ClO2Si. The fourth-order valence-electron chi connectivity index (χ4n) is 1.28. The number of hydrogen-bond acceptors (Lipinski definition) is 2. The van der Waals surface area contributed by atoms with Gasteiger partial charge in [0.05, 0.1) is 0 Å². The van der Waals surface area contributed by atoms with Crippen molar-refractivity contribution in [2.75, 3.05) is 0 Å². The summed E-state index contributed by atoms with van der Waals surface area (Å²) in [5.74, 6) is 0. The molecule has 0 fully saturated rings. The number of carbonyl (C=O) groups excluding carboxylic acids is 1. The van der Waals surface area contributed by atoms with E-state index in [9.17, 15) is 4.79 Å². The van der Waals surface area contributed by atoms with Gasteiger partial charge in [0.25, 0.3) is 0 Å². The first kappa shape index (κ1) is 14.1. The molecule has 0 aliphatic rings. The van der Waals surface area contributed by atoms with Gasteiger partial charge in [-0.25, -0.2) is 0 Å². The van der Waals surface area contributed by atoms with Crippen molar-refractivity contribution in [2.45, 2.75) is 52.8 Å². The summed E-state index contributed by atoms with van der Waals surface area (Å²) in [5.41, 5.74) is 0.0869. The summed E-state index contributed by atoms with van der Waals surface area (Å²) in [6, 6.07) is 0. The van der Waals surface area contributed by atoms with Gasteiger partial charge in [-0.3, -0.25) is 4.79 Å². The van der Waals surface area contributed by atoms with Crippen LogP contribution in [-0.2, 0) is 9.22 Å². The predicted octanol–water partition coefficient (Wildman–Crippen LogP) is 2.95. The molecule has 0 spiro atoms. The van der Waals surface area contributed by atoms with E-state index < -0.39 is 9.04 Å². The molecule has 2 nitrogen and oxygen atoms in total. The van der Waals surface area contributed by atoms with Crippen LogP contribution in [0.5, 0.6) is 0 Å². The third-order valence-electron chi connectivity index (χ3n) is 2.01. The molecule has 84 valence electrons. The van der Waals surface area contributed by atoms with Gasteiger partial charge in [-0.2, -0.15) is 0 Å². The van der Waals surface area contributed by atoms with Gasteiger partial charge in [0.1, 0.15) is 0 Å². The Labute approximate surface area is 93.7 Å². The molecular weight excluding hydrogens is 216 g/mol. The van der Waals surface area contributed by atoms with E-state index in [-0.39, 0.29) is 16.8 Å². The van der Waals surface area contributed by atoms with E-state index in [1.54, 1.807) is 0 Å². The highest BCUT2D eigenvalue weighted by Gasteiger charge is 2.26. The molecule has 1 unspecified atom stereocenters. The Bertz CT molecular complexity index is 187. The average Bonchev–Trinajstić information content (AvgIpc) is 1.94. The van der Waals surface area contributed by atoms with Crippen molar-refractivity contribution in [1.82, 2.24) is 0 Å². The van der Waals surface area contributed by atoms with Crippen molar-refractivity contribution in [3.8, 4) is 0 Å². The molecule has 0 amide bonds. The molecule has 0 saturated carbocycles. The summed E-state index contributed by atoms with van der Waals surface area (Å²) in [6.07, 6.45) is 1.29. The Hall–Kier alpha value is 0.137. The van der Waals surface area contributed by atoms with Gasteiger partial charge in [-0.05, 0) is 36.5 Å². The minimum atomic E-state index is -1.05. The molecule has 4 heteroatoms. The smallest absolute Gasteiger partial charge is 0.221 e. The van der Waals surface area contributed by atoms with Crippen LogP contribution in [0.3, 0.4) is 0 Å². The van der Waals surface area contributed by atoms with Crippen LogP contribution in [0.1, 0.15) is 33.6 Å². The van der Waals surface area contributed by atoms with Crippen LogP contribution < -0.4 is 0 Å². The highest BCUT2D eigenvalue weighted by atomic mass is 35.5. The molecule has 0 heterocycles. The molecule has 1 atom stereocenters. The fourth-order valence-corrected chi connectivity index (χ4v) is 2.59. The molecule has 14 heavy (non-hydrogen) atoms. The van der Waals surface area contributed by atoms with Crippen LogP contribution in [0, 0.1) is 5.41 Å². The number of halogens is 1. The standard InChI is InChI=1S/C10H21ClO2Si/c1-10(2,3)8(13-14(4)5)6-7-9(11)12/h8,14H,6-7H2,1-5H3. The van der Waals surface area contributed by atoms with Gasteiger partial charge in [0.15, 0.2) is 9.04 Å². The summed E-state index contributed by atoms with van der Waals surface area (Å²) in [4.78, 5) is 10.7. The molecule has 0 radical (unpaired) electrons. The molecule has 0 aliphatic heterocycles. The van der Waals surface area contributed by atoms with Crippen molar-refractivity contribution in [3.63, 3.8) is 0 Å². The summed E-state index contributed by atoms with van der Waals surface area (Å²) >= 11 is 5.33. The monoisotopic (exact) mass is 236 g/mol. The molecule has 0 saturated heterocycles. The number of rotatable bonds is 5. The Morgan fingerprint density at radius 3 is 2.21 bits per heavy atom. The van der Waals surface area contributed by atoms with Gasteiger partial charge < -0.3 is 4.43 Å². The fraction of sp³-hybridized carbons (Fsp3) is 0.900. The Morgan fingerprint density at radius 2 is 1.93 bits per heavy atom. The molecule has 0 aromatic carbocycles. The van der Waals surface area contributed by atoms with E-state index in [1.807, 2.05) is 0 Å². The number of carbonyl (C=O) groups is 1. The zero-order chi connectivity index (χ0) is 11.4. The minimum Gasteiger partial charge on any atom is -0.417 e. The summed E-state index contributed by atoms with van der Waals surface area (Å²) < 4.78 is 5.89. The van der Waals surface area contributed by atoms with E-state index in [1.165, 1.54) is 0 Å². The van der Waals surface area contributed by atoms with Crippen molar-refractivity contribution >= 4 is 25.9 Å². The maximum Gasteiger partial charge on any atom is 0.221 e. The highest BCUT2D eigenvalue weighted by Crippen LogP contribution is 2.26. The van der Waals surface area contributed by atoms with E-state index in [2.05, 4.69) is 33.9 Å². The first-order valence-corrected chi connectivity index (χ1v) is 8.23. The van der Waals surface area contributed by atoms with Crippen LogP contribution in [-0.4, -0.2) is 20.4 Å². The van der Waals surface area contributed by atoms with Crippen LogP contribution in [0.25, 0.3) is 0 Å². The average molecular weight is 237 g/mol. The summed E-state index contributed by atoms with van der Waals surface area (Å²) in [6.45, 7) is 10.7. The lowest BCUT2D eigenvalue weighted by atomic mass is 9.87. The topological polar surface area (TPSA) is 26.3 Å². The first-order valence-electron chi connectivity index (χ1n) is 5.07. The van der Waals surface area contributed by atoms with Crippen LogP contribution in [0.4, 0.5) is 0 Å². The second-order valence-electron chi connectivity index (χ2n) is 4.93. The molecule has 0 rings (SSSR count). The SMILES string of the molecule is C[SiH](C)OC(CCC(=O)Cl)C(C)(C)C. The van der Waals surface area contributed by atoms with Crippen LogP contribution in [0.15, 0.2) is 0 Å². The second kappa shape index (κ2) is 5.88. The largest absolute Gasteiger partial charge is 0.417 e. The highest BCUT2D eigenvalue weighted by molar-refractivity contribution is 6.63. The summed E-state index contributed by atoms with van der Waals surface area (Å²) in [7, 11) is -1.05. The predicted molar refractivity (Wildman–Crippen MR) is 63.3 cm³/mol. The zero-order valence-electron chi connectivity index (χ0n) is 9.76. The molecule has 0 aliphatic carbocycles. The second-order valence-corrected chi connectivity index (χ2v) is 7.72. The third-order valence-corrected chi connectivity index (χ3v) is 3.07. The van der Waals surface area contributed by atoms with Gasteiger partial charge >= 0.3 is 0 Å².